The predicted molar refractivity (Wildman–Crippen MR) is 84.7 cm³/mol. The summed E-state index contributed by atoms with van der Waals surface area (Å²) in [5, 5.41) is 4.00. The number of halogens is 2. The highest BCUT2D eigenvalue weighted by Gasteiger charge is 2.08. The molecule has 2 aromatic carbocycles. The Bertz CT molecular complexity index is 616. The predicted octanol–water partition coefficient (Wildman–Crippen LogP) is 5.08. The van der Waals surface area contributed by atoms with Gasteiger partial charge in [-0.1, -0.05) is 18.5 Å². The number of benzene rings is 2. The molecule has 0 aliphatic heterocycles. The Morgan fingerprint density at radius 1 is 1.14 bits per heavy atom. The van der Waals surface area contributed by atoms with E-state index in [1.807, 2.05) is 19.1 Å². The Labute approximate surface area is 129 Å². The first-order valence-corrected chi connectivity index (χ1v) is 7.41. The van der Waals surface area contributed by atoms with Crippen molar-refractivity contribution >= 4 is 11.6 Å². The van der Waals surface area contributed by atoms with E-state index in [0.29, 0.717) is 17.3 Å². The molecule has 0 amide bonds. The molecule has 0 spiro atoms. The molecule has 0 fully saturated rings. The molecule has 2 aromatic rings. The smallest absolute Gasteiger partial charge is 0.132 e. The fourth-order valence-electron chi connectivity index (χ4n) is 2.03. The van der Waals surface area contributed by atoms with Crippen molar-refractivity contribution in [1.29, 1.82) is 0 Å². The van der Waals surface area contributed by atoms with Gasteiger partial charge in [0.05, 0.1) is 0 Å². The van der Waals surface area contributed by atoms with Crippen molar-refractivity contribution in [2.24, 2.45) is 0 Å². The fraction of sp³-hybridized carbons (Fsp3) is 0.294. The minimum absolute atomic E-state index is 0.263. The van der Waals surface area contributed by atoms with Crippen molar-refractivity contribution in [2.45, 2.75) is 26.8 Å². The summed E-state index contributed by atoms with van der Waals surface area (Å²) in [6.45, 7) is 5.55. The summed E-state index contributed by atoms with van der Waals surface area (Å²) in [6, 6.07) is 10.0. The quantitative estimate of drug-likeness (QED) is 0.751. The Kier molecular flexibility index (Phi) is 5.59. The van der Waals surface area contributed by atoms with Crippen molar-refractivity contribution in [3.05, 3.63) is 58.4 Å². The van der Waals surface area contributed by atoms with Crippen LogP contribution < -0.4 is 10.1 Å². The van der Waals surface area contributed by atoms with E-state index in [2.05, 4.69) is 12.2 Å². The van der Waals surface area contributed by atoms with Crippen LogP contribution in [0.5, 0.6) is 11.5 Å². The molecule has 0 radical (unpaired) electrons. The van der Waals surface area contributed by atoms with E-state index >= 15 is 0 Å². The molecular weight excluding hydrogens is 289 g/mol. The average Bonchev–Trinajstić information content (AvgIpc) is 2.44. The molecule has 21 heavy (non-hydrogen) atoms. The van der Waals surface area contributed by atoms with E-state index in [4.69, 9.17) is 16.3 Å². The van der Waals surface area contributed by atoms with Crippen LogP contribution in [0, 0.1) is 12.7 Å². The van der Waals surface area contributed by atoms with Gasteiger partial charge < -0.3 is 10.1 Å². The summed E-state index contributed by atoms with van der Waals surface area (Å²) in [5.41, 5.74) is 1.75. The van der Waals surface area contributed by atoms with E-state index in [9.17, 15) is 4.39 Å². The number of ether oxygens (including phenoxy) is 1. The molecule has 1 N–H and O–H groups in total. The molecule has 0 saturated heterocycles. The SMILES string of the molecule is CCCNCc1cc(Cl)ccc1Oc1ccc(F)cc1C. The Hall–Kier alpha value is -1.58. The van der Waals surface area contributed by atoms with Crippen LogP contribution in [0.15, 0.2) is 36.4 Å². The van der Waals surface area contributed by atoms with Gasteiger partial charge in [-0.15, -0.1) is 0 Å². The topological polar surface area (TPSA) is 21.3 Å². The maximum atomic E-state index is 13.1. The zero-order valence-electron chi connectivity index (χ0n) is 12.2. The molecule has 2 rings (SSSR count). The van der Waals surface area contributed by atoms with Crippen LogP contribution in [-0.2, 0) is 6.54 Å². The highest BCUT2D eigenvalue weighted by Crippen LogP contribution is 2.30. The minimum atomic E-state index is -0.263. The zero-order valence-corrected chi connectivity index (χ0v) is 13.0. The second-order valence-electron chi connectivity index (χ2n) is 4.94. The zero-order chi connectivity index (χ0) is 15.2. The first kappa shape index (κ1) is 15.8. The molecule has 0 heterocycles. The second kappa shape index (κ2) is 7.43. The number of hydrogen-bond donors (Lipinski definition) is 1. The third-order valence-corrected chi connectivity index (χ3v) is 3.36. The van der Waals surface area contributed by atoms with Crippen molar-refractivity contribution in [3.8, 4) is 11.5 Å². The van der Waals surface area contributed by atoms with E-state index in [1.54, 1.807) is 12.1 Å². The lowest BCUT2D eigenvalue weighted by molar-refractivity contribution is 0.467. The lowest BCUT2D eigenvalue weighted by atomic mass is 10.2. The molecule has 0 saturated carbocycles. The third kappa shape index (κ3) is 4.45. The first-order chi connectivity index (χ1) is 10.1. The largest absolute Gasteiger partial charge is 0.457 e. The Balaban J connectivity index is 2.22. The summed E-state index contributed by atoms with van der Waals surface area (Å²) < 4.78 is 19.1. The van der Waals surface area contributed by atoms with Gasteiger partial charge in [0.15, 0.2) is 0 Å². The van der Waals surface area contributed by atoms with Crippen molar-refractivity contribution in [2.75, 3.05) is 6.54 Å². The molecule has 2 nitrogen and oxygen atoms in total. The normalized spacial score (nSPS) is 10.7. The van der Waals surface area contributed by atoms with Crippen molar-refractivity contribution in [1.82, 2.24) is 5.32 Å². The van der Waals surface area contributed by atoms with Gasteiger partial charge in [0.25, 0.3) is 0 Å². The minimum Gasteiger partial charge on any atom is -0.457 e. The summed E-state index contributed by atoms with van der Waals surface area (Å²) in [5.74, 6) is 1.12. The van der Waals surface area contributed by atoms with E-state index in [-0.39, 0.29) is 5.82 Å². The molecule has 0 bridgehead atoms. The summed E-state index contributed by atoms with van der Waals surface area (Å²) in [7, 11) is 0. The fourth-order valence-corrected chi connectivity index (χ4v) is 2.23. The number of aryl methyl sites for hydroxylation is 1. The van der Waals surface area contributed by atoms with Gasteiger partial charge in [0.1, 0.15) is 17.3 Å². The third-order valence-electron chi connectivity index (χ3n) is 3.12. The van der Waals surface area contributed by atoms with Gasteiger partial charge in [0.2, 0.25) is 0 Å². The number of nitrogens with one attached hydrogen (secondary N) is 1. The highest BCUT2D eigenvalue weighted by molar-refractivity contribution is 6.30. The van der Waals surface area contributed by atoms with Gasteiger partial charge >= 0.3 is 0 Å². The van der Waals surface area contributed by atoms with Crippen molar-refractivity contribution < 1.29 is 9.13 Å². The van der Waals surface area contributed by atoms with Crippen LogP contribution in [0.3, 0.4) is 0 Å². The van der Waals surface area contributed by atoms with Crippen molar-refractivity contribution in [3.63, 3.8) is 0 Å². The Morgan fingerprint density at radius 2 is 1.90 bits per heavy atom. The molecular formula is C17H19ClFNO. The summed E-state index contributed by atoms with van der Waals surface area (Å²) >= 11 is 6.05. The first-order valence-electron chi connectivity index (χ1n) is 7.03. The maximum Gasteiger partial charge on any atom is 0.132 e. The van der Waals surface area contributed by atoms with Crippen LogP contribution >= 0.6 is 11.6 Å². The molecule has 0 atom stereocenters. The van der Waals surface area contributed by atoms with Crippen LogP contribution in [-0.4, -0.2) is 6.54 Å². The van der Waals surface area contributed by atoms with Crippen LogP contribution in [0.2, 0.25) is 5.02 Å². The number of rotatable bonds is 6. The molecule has 112 valence electrons. The van der Waals surface area contributed by atoms with E-state index in [1.165, 1.54) is 12.1 Å². The van der Waals surface area contributed by atoms with Gasteiger partial charge in [-0.25, -0.2) is 4.39 Å². The monoisotopic (exact) mass is 307 g/mol. The standard InChI is InChI=1S/C17H19ClFNO/c1-3-8-20-11-13-10-14(18)4-6-17(13)21-16-7-5-15(19)9-12(16)2/h4-7,9-10,20H,3,8,11H2,1-2H3. The molecule has 4 heteroatoms. The summed E-state index contributed by atoms with van der Waals surface area (Å²) in [4.78, 5) is 0. The lowest BCUT2D eigenvalue weighted by Crippen LogP contribution is -2.14. The maximum absolute atomic E-state index is 13.1. The van der Waals surface area contributed by atoms with Gasteiger partial charge in [-0.05, 0) is 61.9 Å². The summed E-state index contributed by atoms with van der Waals surface area (Å²) in [6.07, 6.45) is 1.06. The van der Waals surface area contributed by atoms with Gasteiger partial charge in [-0.3, -0.25) is 0 Å². The lowest BCUT2D eigenvalue weighted by Gasteiger charge is -2.14. The Morgan fingerprint density at radius 3 is 2.62 bits per heavy atom. The molecule has 0 aliphatic rings. The molecule has 0 aromatic heterocycles. The van der Waals surface area contributed by atoms with Gasteiger partial charge in [-0.2, -0.15) is 0 Å². The highest BCUT2D eigenvalue weighted by atomic mass is 35.5. The van der Waals surface area contributed by atoms with E-state index in [0.717, 1.165) is 29.8 Å². The van der Waals surface area contributed by atoms with Gasteiger partial charge in [0, 0.05) is 17.1 Å². The number of hydrogen-bond acceptors (Lipinski definition) is 2. The average molecular weight is 308 g/mol. The molecule has 0 unspecified atom stereocenters. The van der Waals surface area contributed by atoms with Crippen LogP contribution in [0.1, 0.15) is 24.5 Å². The second-order valence-corrected chi connectivity index (χ2v) is 5.38. The van der Waals surface area contributed by atoms with Crippen LogP contribution in [0.4, 0.5) is 4.39 Å². The van der Waals surface area contributed by atoms with Crippen LogP contribution in [0.25, 0.3) is 0 Å². The molecule has 0 aliphatic carbocycles. The van der Waals surface area contributed by atoms with E-state index < -0.39 is 0 Å².